The molecule has 0 aromatic rings. The van der Waals surface area contributed by atoms with Crippen LogP contribution in [0.15, 0.2) is 0 Å². The number of nitrogens with two attached hydrogens (primary N) is 1. The predicted molar refractivity (Wildman–Crippen MR) is 26.2 cm³/mol. The van der Waals surface area contributed by atoms with Gasteiger partial charge in [0.25, 0.3) is 0 Å². The van der Waals surface area contributed by atoms with Crippen molar-refractivity contribution in [2.24, 2.45) is 5.73 Å². The Balaban J connectivity index is 3.15. The first kappa shape index (κ1) is 6.88. The third-order valence-electron chi connectivity index (χ3n) is 0.505. The lowest BCUT2D eigenvalue weighted by molar-refractivity contribution is -0.115. The highest BCUT2D eigenvalue weighted by Crippen LogP contribution is 1.97. The molecule has 0 aromatic heterocycles. The van der Waals surface area contributed by atoms with E-state index in [4.69, 9.17) is 15.9 Å². The molecule has 3 nitrogen and oxygen atoms in total. The third-order valence-corrected chi connectivity index (χ3v) is 0.505. The van der Waals surface area contributed by atoms with Gasteiger partial charge in [-0.3, -0.25) is 0 Å². The lowest BCUT2D eigenvalue weighted by Crippen LogP contribution is -2.27. The normalized spacial score (nSPS) is 12.0. The van der Waals surface area contributed by atoms with Crippen LogP contribution < -0.4 is 5.73 Å². The Morgan fingerprint density at radius 1 is 1.71 bits per heavy atom. The van der Waals surface area contributed by atoms with Crippen molar-refractivity contribution < 1.29 is 10.2 Å². The van der Waals surface area contributed by atoms with Crippen LogP contribution in [0.1, 0.15) is 6.92 Å². The minimum atomic E-state index is -1.70. The van der Waals surface area contributed by atoms with Crippen LogP contribution in [0.5, 0.6) is 0 Å². The molecule has 0 aliphatic heterocycles. The van der Waals surface area contributed by atoms with Crippen molar-refractivity contribution in [3.05, 3.63) is 6.42 Å². The van der Waals surface area contributed by atoms with E-state index in [1.54, 1.807) is 0 Å². The zero-order valence-electron chi connectivity index (χ0n) is 4.26. The van der Waals surface area contributed by atoms with E-state index in [2.05, 4.69) is 0 Å². The van der Waals surface area contributed by atoms with Gasteiger partial charge >= 0.3 is 0 Å². The second-order valence-electron chi connectivity index (χ2n) is 1.53. The summed E-state index contributed by atoms with van der Waals surface area (Å²) in [5, 5.41) is 16.9. The van der Waals surface area contributed by atoms with E-state index in [0.717, 1.165) is 0 Å². The van der Waals surface area contributed by atoms with Crippen molar-refractivity contribution in [3.8, 4) is 0 Å². The highest BCUT2D eigenvalue weighted by molar-refractivity contribution is 4.78. The Bertz CT molecular complexity index is 48.1. The molecule has 0 atom stereocenters. The molecule has 0 fully saturated rings. The quantitative estimate of drug-likeness (QED) is 0.387. The molecule has 0 unspecified atom stereocenters. The number of hydrogen-bond donors (Lipinski definition) is 3. The third kappa shape index (κ3) is 5.88. The summed E-state index contributed by atoms with van der Waals surface area (Å²) in [4.78, 5) is 0. The molecule has 0 amide bonds. The summed E-state index contributed by atoms with van der Waals surface area (Å²) in [5.41, 5.74) is 4.94. The van der Waals surface area contributed by atoms with Gasteiger partial charge < -0.3 is 15.9 Å². The monoisotopic (exact) mass is 104 g/mol. The van der Waals surface area contributed by atoms with E-state index >= 15 is 0 Å². The minimum Gasteiger partial charge on any atom is -0.366 e. The summed E-state index contributed by atoms with van der Waals surface area (Å²) < 4.78 is 0. The van der Waals surface area contributed by atoms with Gasteiger partial charge in [0.15, 0.2) is 5.79 Å². The SMILES string of the molecule is CC(O)(O)[CH]CN. The van der Waals surface area contributed by atoms with Crippen LogP contribution in [0, 0.1) is 6.42 Å². The molecule has 0 aliphatic rings. The Kier molecular flexibility index (Phi) is 2.22. The highest BCUT2D eigenvalue weighted by Gasteiger charge is 2.11. The first-order valence-corrected chi connectivity index (χ1v) is 2.05. The van der Waals surface area contributed by atoms with Crippen molar-refractivity contribution in [1.29, 1.82) is 0 Å². The van der Waals surface area contributed by atoms with Crippen LogP contribution in [0.4, 0.5) is 0 Å². The van der Waals surface area contributed by atoms with Gasteiger partial charge in [0.05, 0.1) is 0 Å². The van der Waals surface area contributed by atoms with Crippen LogP contribution in [-0.4, -0.2) is 22.5 Å². The van der Waals surface area contributed by atoms with E-state index in [1.165, 1.54) is 13.3 Å². The summed E-state index contributed by atoms with van der Waals surface area (Å²) in [6.45, 7) is 1.43. The maximum absolute atomic E-state index is 8.44. The minimum absolute atomic E-state index is 0.184. The summed E-state index contributed by atoms with van der Waals surface area (Å²) in [7, 11) is 0. The van der Waals surface area contributed by atoms with Crippen LogP contribution in [0.3, 0.4) is 0 Å². The Morgan fingerprint density at radius 2 is 2.14 bits per heavy atom. The predicted octanol–water partition coefficient (Wildman–Crippen LogP) is -1.15. The lowest BCUT2D eigenvalue weighted by Gasteiger charge is -2.11. The molecule has 4 N–H and O–H groups in total. The zero-order chi connectivity index (χ0) is 5.91. The first-order chi connectivity index (χ1) is 3.06. The summed E-state index contributed by atoms with van der Waals surface area (Å²) >= 11 is 0. The standard InChI is InChI=1S/C4H10NO2/c1-4(6,7)2-3-5/h2,6-7H,3,5H2,1H3. The molecule has 1 radical (unpaired) electrons. The van der Waals surface area contributed by atoms with Crippen molar-refractivity contribution >= 4 is 0 Å². The van der Waals surface area contributed by atoms with Gasteiger partial charge in [-0.1, -0.05) is 0 Å². The van der Waals surface area contributed by atoms with Gasteiger partial charge in [-0.05, 0) is 6.92 Å². The molecule has 3 heteroatoms. The second kappa shape index (κ2) is 2.26. The van der Waals surface area contributed by atoms with Gasteiger partial charge in [0.2, 0.25) is 0 Å². The van der Waals surface area contributed by atoms with Gasteiger partial charge in [-0.15, -0.1) is 0 Å². The fourth-order valence-electron chi connectivity index (χ4n) is 0.223. The smallest absolute Gasteiger partial charge is 0.164 e. The van der Waals surface area contributed by atoms with Crippen molar-refractivity contribution in [3.63, 3.8) is 0 Å². The number of rotatable bonds is 2. The molecule has 43 valence electrons. The maximum atomic E-state index is 8.44. The number of aliphatic hydroxyl groups is 2. The van der Waals surface area contributed by atoms with Gasteiger partial charge in [0, 0.05) is 13.0 Å². The van der Waals surface area contributed by atoms with Gasteiger partial charge in [-0.2, -0.15) is 0 Å². The summed E-state index contributed by atoms with van der Waals surface area (Å²) in [6.07, 6.45) is 1.20. The molecule has 0 spiro atoms. The van der Waals surface area contributed by atoms with Crippen molar-refractivity contribution in [1.82, 2.24) is 0 Å². The highest BCUT2D eigenvalue weighted by atomic mass is 16.5. The molecule has 0 aliphatic carbocycles. The van der Waals surface area contributed by atoms with E-state index in [9.17, 15) is 0 Å². The van der Waals surface area contributed by atoms with Gasteiger partial charge in [0.1, 0.15) is 0 Å². The molecule has 0 saturated carbocycles. The van der Waals surface area contributed by atoms with Gasteiger partial charge in [-0.25, -0.2) is 0 Å². The molecule has 0 aromatic carbocycles. The van der Waals surface area contributed by atoms with E-state index in [0.29, 0.717) is 0 Å². The first-order valence-electron chi connectivity index (χ1n) is 2.05. The van der Waals surface area contributed by atoms with Crippen LogP contribution in [0.25, 0.3) is 0 Å². The molecule has 0 heterocycles. The average Bonchev–Trinajstić information content (AvgIpc) is 1.30. The topological polar surface area (TPSA) is 66.5 Å². The van der Waals surface area contributed by atoms with Crippen LogP contribution >= 0.6 is 0 Å². The molecular formula is C4H10NO2. The fourth-order valence-corrected chi connectivity index (χ4v) is 0.223. The summed E-state index contributed by atoms with van der Waals surface area (Å²) in [5.74, 6) is -1.70. The van der Waals surface area contributed by atoms with Crippen LogP contribution in [-0.2, 0) is 0 Å². The number of hydrogen-bond acceptors (Lipinski definition) is 3. The average molecular weight is 104 g/mol. The fraction of sp³-hybridized carbons (Fsp3) is 0.750. The van der Waals surface area contributed by atoms with E-state index < -0.39 is 5.79 Å². The maximum Gasteiger partial charge on any atom is 0.164 e. The van der Waals surface area contributed by atoms with Crippen molar-refractivity contribution in [2.45, 2.75) is 12.7 Å². The van der Waals surface area contributed by atoms with Crippen molar-refractivity contribution in [2.75, 3.05) is 6.54 Å². The molecule has 7 heavy (non-hydrogen) atoms. The van der Waals surface area contributed by atoms with E-state index in [1.807, 2.05) is 0 Å². The molecule has 0 rings (SSSR count). The Hall–Kier alpha value is -0.120. The largest absolute Gasteiger partial charge is 0.366 e. The Morgan fingerprint density at radius 3 is 2.14 bits per heavy atom. The second-order valence-corrected chi connectivity index (χ2v) is 1.53. The molecule has 0 bridgehead atoms. The lowest BCUT2D eigenvalue weighted by atomic mass is 10.2. The molecule has 0 saturated heterocycles. The zero-order valence-corrected chi connectivity index (χ0v) is 4.26. The molecular weight excluding hydrogens is 94.0 g/mol. The van der Waals surface area contributed by atoms with Crippen LogP contribution in [0.2, 0.25) is 0 Å². The summed E-state index contributed by atoms with van der Waals surface area (Å²) in [6, 6.07) is 0. The Labute approximate surface area is 42.8 Å². The van der Waals surface area contributed by atoms with E-state index in [-0.39, 0.29) is 6.54 Å².